The van der Waals surface area contributed by atoms with Gasteiger partial charge in [-0.15, -0.1) is 11.8 Å². The molecule has 3 rings (SSSR count). The van der Waals surface area contributed by atoms with Crippen LogP contribution < -0.4 is 0 Å². The van der Waals surface area contributed by atoms with E-state index in [1.54, 1.807) is 19.3 Å². The molecule has 1 aromatic carbocycles. The molecule has 0 saturated heterocycles. The Kier molecular flexibility index (Phi) is 6.34. The van der Waals surface area contributed by atoms with Crippen molar-refractivity contribution in [3.8, 4) is 0 Å². The van der Waals surface area contributed by atoms with Gasteiger partial charge in [0.25, 0.3) is 5.91 Å². The average molecular weight is 386 g/mol. The molecule has 1 aliphatic heterocycles. The largest absolute Gasteiger partial charge is 0.467 e. The van der Waals surface area contributed by atoms with Crippen LogP contribution in [0.2, 0.25) is 0 Å². The number of rotatable bonds is 7. The van der Waals surface area contributed by atoms with Crippen LogP contribution in [-0.4, -0.2) is 40.7 Å². The van der Waals surface area contributed by atoms with E-state index in [1.807, 2.05) is 37.3 Å². The SMILES string of the molecule is CCOC(=O)CSCC(=O)N1N=C(c2ccc(C)cc2)C[C@@H]1c1ccco1. The summed E-state index contributed by atoms with van der Waals surface area (Å²) in [7, 11) is 0. The van der Waals surface area contributed by atoms with E-state index in [9.17, 15) is 9.59 Å². The summed E-state index contributed by atoms with van der Waals surface area (Å²) in [4.78, 5) is 24.2. The van der Waals surface area contributed by atoms with Gasteiger partial charge in [-0.1, -0.05) is 29.8 Å². The van der Waals surface area contributed by atoms with Crippen LogP contribution in [0.25, 0.3) is 0 Å². The topological polar surface area (TPSA) is 72.1 Å². The first-order valence-corrected chi connectivity index (χ1v) is 9.97. The van der Waals surface area contributed by atoms with Crippen LogP contribution in [0.15, 0.2) is 52.2 Å². The molecule has 0 spiro atoms. The minimum atomic E-state index is -0.317. The van der Waals surface area contributed by atoms with Crippen molar-refractivity contribution < 1.29 is 18.7 Å². The van der Waals surface area contributed by atoms with Crippen molar-refractivity contribution in [3.63, 3.8) is 0 Å². The molecule has 1 atom stereocenters. The normalized spacial score (nSPS) is 16.3. The molecule has 2 aromatic rings. The van der Waals surface area contributed by atoms with Gasteiger partial charge < -0.3 is 9.15 Å². The fourth-order valence-electron chi connectivity index (χ4n) is 2.85. The molecule has 0 unspecified atom stereocenters. The van der Waals surface area contributed by atoms with Crippen LogP contribution >= 0.6 is 11.8 Å². The van der Waals surface area contributed by atoms with Crippen molar-refractivity contribution in [2.75, 3.05) is 18.1 Å². The van der Waals surface area contributed by atoms with Crippen molar-refractivity contribution in [3.05, 3.63) is 59.5 Å². The highest BCUT2D eigenvalue weighted by Crippen LogP contribution is 2.33. The Bertz CT molecular complexity index is 815. The second kappa shape index (κ2) is 8.90. The Morgan fingerprint density at radius 2 is 2.04 bits per heavy atom. The molecular formula is C20H22N2O4S. The molecule has 1 amide bonds. The van der Waals surface area contributed by atoms with Crippen LogP contribution in [0.5, 0.6) is 0 Å². The molecule has 0 fully saturated rings. The molecule has 0 radical (unpaired) electrons. The van der Waals surface area contributed by atoms with Crippen LogP contribution in [0.4, 0.5) is 0 Å². The third-order valence-electron chi connectivity index (χ3n) is 4.17. The number of nitrogens with zero attached hydrogens (tertiary/aromatic N) is 2. The van der Waals surface area contributed by atoms with E-state index in [-0.39, 0.29) is 29.4 Å². The summed E-state index contributed by atoms with van der Waals surface area (Å²) in [6.07, 6.45) is 2.18. The first-order valence-electron chi connectivity index (χ1n) is 8.82. The Balaban J connectivity index is 1.73. The number of hydrogen-bond donors (Lipinski definition) is 0. The van der Waals surface area contributed by atoms with Gasteiger partial charge in [0.15, 0.2) is 0 Å². The van der Waals surface area contributed by atoms with Gasteiger partial charge in [0.2, 0.25) is 0 Å². The molecule has 0 saturated carbocycles. The van der Waals surface area contributed by atoms with Crippen LogP contribution in [0.3, 0.4) is 0 Å². The Labute approximate surface area is 162 Å². The van der Waals surface area contributed by atoms with Gasteiger partial charge in [0.1, 0.15) is 11.8 Å². The number of thioether (sulfide) groups is 1. The maximum atomic E-state index is 12.7. The predicted molar refractivity (Wildman–Crippen MR) is 105 cm³/mol. The lowest BCUT2D eigenvalue weighted by atomic mass is 10.0. The molecular weight excluding hydrogens is 364 g/mol. The Morgan fingerprint density at radius 1 is 1.26 bits per heavy atom. The molecule has 0 bridgehead atoms. The summed E-state index contributed by atoms with van der Waals surface area (Å²) in [5, 5.41) is 6.05. The van der Waals surface area contributed by atoms with Gasteiger partial charge in [-0.25, -0.2) is 5.01 Å². The Morgan fingerprint density at radius 3 is 2.70 bits per heavy atom. The predicted octanol–water partition coefficient (Wildman–Crippen LogP) is 3.56. The molecule has 27 heavy (non-hydrogen) atoms. The Hall–Kier alpha value is -2.54. The average Bonchev–Trinajstić information content (AvgIpc) is 3.32. The highest BCUT2D eigenvalue weighted by Gasteiger charge is 2.34. The van der Waals surface area contributed by atoms with Gasteiger partial charge in [0, 0.05) is 6.42 Å². The second-order valence-corrected chi connectivity index (χ2v) is 7.17. The molecule has 6 nitrogen and oxygen atoms in total. The lowest BCUT2D eigenvalue weighted by molar-refractivity contribution is -0.139. The summed E-state index contributed by atoms with van der Waals surface area (Å²) < 4.78 is 10.4. The minimum absolute atomic E-state index is 0.146. The molecule has 1 aliphatic rings. The number of furan rings is 1. The third-order valence-corrected chi connectivity index (χ3v) is 5.06. The zero-order chi connectivity index (χ0) is 19.2. The van der Waals surface area contributed by atoms with Gasteiger partial charge >= 0.3 is 5.97 Å². The molecule has 0 N–H and O–H groups in total. The van der Waals surface area contributed by atoms with Gasteiger partial charge in [-0.3, -0.25) is 9.59 Å². The summed E-state index contributed by atoms with van der Waals surface area (Å²) in [5.41, 5.74) is 3.01. The quantitative estimate of drug-likeness (QED) is 0.681. The minimum Gasteiger partial charge on any atom is -0.467 e. The summed E-state index contributed by atoms with van der Waals surface area (Å²) in [5.74, 6) is 0.522. The number of hydrogen-bond acceptors (Lipinski definition) is 6. The van der Waals surface area contributed by atoms with E-state index in [0.717, 1.165) is 11.3 Å². The van der Waals surface area contributed by atoms with Crippen molar-refractivity contribution in [2.24, 2.45) is 5.10 Å². The fraction of sp³-hybridized carbons (Fsp3) is 0.350. The van der Waals surface area contributed by atoms with Crippen LogP contribution in [0.1, 0.15) is 36.3 Å². The van der Waals surface area contributed by atoms with E-state index in [4.69, 9.17) is 9.15 Å². The number of hydrazone groups is 1. The van der Waals surface area contributed by atoms with Crippen molar-refractivity contribution in [2.45, 2.75) is 26.3 Å². The maximum absolute atomic E-state index is 12.7. The second-order valence-electron chi connectivity index (χ2n) is 6.18. The van der Waals surface area contributed by atoms with Gasteiger partial charge in [0.05, 0.1) is 30.1 Å². The number of esters is 1. The molecule has 1 aromatic heterocycles. The first kappa shape index (κ1) is 19.2. The highest BCUT2D eigenvalue weighted by atomic mass is 32.2. The van der Waals surface area contributed by atoms with Crippen molar-refractivity contribution >= 4 is 29.4 Å². The van der Waals surface area contributed by atoms with Crippen molar-refractivity contribution in [1.29, 1.82) is 0 Å². The molecule has 142 valence electrons. The smallest absolute Gasteiger partial charge is 0.315 e. The standard InChI is InChI=1S/C20H22N2O4S/c1-3-25-20(24)13-27-12-19(23)22-17(18-5-4-10-26-18)11-16(21-22)15-8-6-14(2)7-9-15/h4-10,17H,3,11-13H2,1-2H3/t17-/m1/s1. The number of amides is 1. The fourth-order valence-corrected chi connectivity index (χ4v) is 3.51. The zero-order valence-electron chi connectivity index (χ0n) is 15.4. The van der Waals surface area contributed by atoms with E-state index >= 15 is 0 Å². The molecule has 0 aliphatic carbocycles. The highest BCUT2D eigenvalue weighted by molar-refractivity contribution is 8.00. The van der Waals surface area contributed by atoms with E-state index in [1.165, 1.54) is 22.3 Å². The molecule has 2 heterocycles. The lowest BCUT2D eigenvalue weighted by Gasteiger charge is -2.19. The lowest BCUT2D eigenvalue weighted by Crippen LogP contribution is -2.28. The third kappa shape index (κ3) is 4.80. The molecule has 7 heteroatoms. The number of aryl methyl sites for hydroxylation is 1. The zero-order valence-corrected chi connectivity index (χ0v) is 16.2. The number of ether oxygens (including phenoxy) is 1. The number of carbonyl (C=O) groups excluding carboxylic acids is 2. The van der Waals surface area contributed by atoms with E-state index in [0.29, 0.717) is 18.8 Å². The number of benzene rings is 1. The summed E-state index contributed by atoms with van der Waals surface area (Å²) in [6, 6.07) is 11.5. The first-order chi connectivity index (χ1) is 13.1. The van der Waals surface area contributed by atoms with E-state index < -0.39 is 0 Å². The number of carbonyl (C=O) groups is 2. The van der Waals surface area contributed by atoms with Crippen molar-refractivity contribution in [1.82, 2.24) is 5.01 Å². The maximum Gasteiger partial charge on any atom is 0.315 e. The summed E-state index contributed by atoms with van der Waals surface area (Å²) >= 11 is 1.23. The summed E-state index contributed by atoms with van der Waals surface area (Å²) in [6.45, 7) is 4.12. The van der Waals surface area contributed by atoms with Crippen LogP contribution in [0, 0.1) is 6.92 Å². The monoisotopic (exact) mass is 386 g/mol. The van der Waals surface area contributed by atoms with E-state index in [2.05, 4.69) is 5.10 Å². The van der Waals surface area contributed by atoms with Gasteiger partial charge in [-0.2, -0.15) is 5.10 Å². The van der Waals surface area contributed by atoms with Gasteiger partial charge in [-0.05, 0) is 31.5 Å². The van der Waals surface area contributed by atoms with Crippen LogP contribution in [-0.2, 0) is 14.3 Å².